The first kappa shape index (κ1) is 13.1. The minimum Gasteiger partial charge on any atom is -0.399 e. The molecule has 1 heterocycles. The Labute approximate surface area is 110 Å². The molecule has 0 aliphatic heterocycles. The number of aromatic nitrogens is 2. The zero-order valence-corrected chi connectivity index (χ0v) is 10.9. The maximum atomic E-state index is 12.0. The lowest BCUT2D eigenvalue weighted by molar-refractivity contribution is 0.565. The lowest BCUT2D eigenvalue weighted by Crippen LogP contribution is -2.39. The lowest BCUT2D eigenvalue weighted by Gasteiger charge is -2.08. The molecule has 1 aromatic carbocycles. The van der Waals surface area contributed by atoms with E-state index < -0.39 is 0 Å². The maximum absolute atomic E-state index is 12.0. The first-order chi connectivity index (χ1) is 9.11. The van der Waals surface area contributed by atoms with Gasteiger partial charge in [0.05, 0.1) is 0 Å². The average Bonchev–Trinajstić information content (AvgIpc) is 2.41. The minimum atomic E-state index is -0.259. The molecule has 0 aliphatic rings. The predicted octanol–water partition coefficient (Wildman–Crippen LogP) is 0.855. The Morgan fingerprint density at radius 2 is 1.79 bits per heavy atom. The van der Waals surface area contributed by atoms with E-state index >= 15 is 0 Å². The number of anilines is 1. The van der Waals surface area contributed by atoms with E-state index in [2.05, 4.69) is 0 Å². The van der Waals surface area contributed by atoms with Crippen LogP contribution in [0.4, 0.5) is 5.69 Å². The molecule has 0 saturated heterocycles. The van der Waals surface area contributed by atoms with Crippen LogP contribution in [0.2, 0.25) is 0 Å². The quantitative estimate of drug-likeness (QED) is 0.828. The first-order valence-corrected chi connectivity index (χ1v) is 6.26. The molecule has 2 N–H and O–H groups in total. The SMILES string of the molecule is CCn1ccc(=O)n(CCc2ccc(N)cc2)c1=O. The van der Waals surface area contributed by atoms with Gasteiger partial charge in [0, 0.05) is 31.0 Å². The highest BCUT2D eigenvalue weighted by atomic mass is 16.2. The van der Waals surface area contributed by atoms with Gasteiger partial charge in [0.25, 0.3) is 5.56 Å². The van der Waals surface area contributed by atoms with E-state index in [9.17, 15) is 9.59 Å². The molecule has 0 fully saturated rings. The fourth-order valence-electron chi connectivity index (χ4n) is 1.93. The number of benzene rings is 1. The second-order valence-electron chi connectivity index (χ2n) is 4.37. The van der Waals surface area contributed by atoms with E-state index in [1.165, 1.54) is 21.4 Å². The lowest BCUT2D eigenvalue weighted by atomic mass is 10.1. The summed E-state index contributed by atoms with van der Waals surface area (Å²) in [5.74, 6) is 0. The largest absolute Gasteiger partial charge is 0.399 e. The molecule has 0 spiro atoms. The molecular formula is C14H17N3O2. The molecule has 2 rings (SSSR count). The molecule has 0 saturated carbocycles. The maximum Gasteiger partial charge on any atom is 0.330 e. The summed E-state index contributed by atoms with van der Waals surface area (Å²) in [6.45, 7) is 2.81. The van der Waals surface area contributed by atoms with Crippen LogP contribution in [0.25, 0.3) is 0 Å². The van der Waals surface area contributed by atoms with Crippen LogP contribution in [0.5, 0.6) is 0 Å². The Hall–Kier alpha value is -2.30. The molecule has 5 heteroatoms. The molecular weight excluding hydrogens is 242 g/mol. The van der Waals surface area contributed by atoms with Crippen LogP contribution in [0, 0.1) is 0 Å². The molecule has 0 amide bonds. The van der Waals surface area contributed by atoms with Crippen molar-refractivity contribution in [1.82, 2.24) is 9.13 Å². The Balaban J connectivity index is 2.22. The normalized spacial score (nSPS) is 10.6. The molecule has 0 atom stereocenters. The third-order valence-electron chi connectivity index (χ3n) is 3.08. The molecule has 1 aromatic heterocycles. The molecule has 0 aliphatic carbocycles. The minimum absolute atomic E-state index is 0.259. The van der Waals surface area contributed by atoms with E-state index in [1.54, 1.807) is 0 Å². The van der Waals surface area contributed by atoms with Gasteiger partial charge in [-0.3, -0.25) is 9.36 Å². The van der Waals surface area contributed by atoms with Crippen molar-refractivity contribution in [3.63, 3.8) is 0 Å². The topological polar surface area (TPSA) is 70.0 Å². The van der Waals surface area contributed by atoms with Crippen molar-refractivity contribution in [2.45, 2.75) is 26.4 Å². The zero-order chi connectivity index (χ0) is 13.8. The van der Waals surface area contributed by atoms with Crippen molar-refractivity contribution in [3.8, 4) is 0 Å². The number of hydrogen-bond acceptors (Lipinski definition) is 3. The summed E-state index contributed by atoms with van der Waals surface area (Å²) in [6.07, 6.45) is 2.16. The van der Waals surface area contributed by atoms with Gasteiger partial charge in [0.2, 0.25) is 0 Å². The average molecular weight is 259 g/mol. The molecule has 0 unspecified atom stereocenters. The monoisotopic (exact) mass is 259 g/mol. The highest BCUT2D eigenvalue weighted by molar-refractivity contribution is 5.39. The highest BCUT2D eigenvalue weighted by Gasteiger charge is 2.04. The second-order valence-corrected chi connectivity index (χ2v) is 4.37. The molecule has 100 valence electrons. The van der Waals surface area contributed by atoms with Crippen LogP contribution in [-0.2, 0) is 19.5 Å². The van der Waals surface area contributed by atoms with Gasteiger partial charge in [-0.25, -0.2) is 4.79 Å². The van der Waals surface area contributed by atoms with Crippen LogP contribution in [0.15, 0.2) is 46.1 Å². The predicted molar refractivity (Wildman–Crippen MR) is 75.2 cm³/mol. The summed E-state index contributed by atoms with van der Waals surface area (Å²) in [4.78, 5) is 23.7. The van der Waals surface area contributed by atoms with Crippen molar-refractivity contribution in [3.05, 3.63) is 62.9 Å². The van der Waals surface area contributed by atoms with Crippen LogP contribution in [0.1, 0.15) is 12.5 Å². The van der Waals surface area contributed by atoms with Crippen molar-refractivity contribution in [2.75, 3.05) is 5.73 Å². The summed E-state index contributed by atoms with van der Waals surface area (Å²) in [5.41, 5.74) is 6.84. The molecule has 5 nitrogen and oxygen atoms in total. The fraction of sp³-hybridized carbons (Fsp3) is 0.286. The van der Waals surface area contributed by atoms with Gasteiger partial charge in [0.15, 0.2) is 0 Å². The van der Waals surface area contributed by atoms with Gasteiger partial charge in [-0.2, -0.15) is 0 Å². The number of rotatable bonds is 4. The van der Waals surface area contributed by atoms with Crippen molar-refractivity contribution in [2.24, 2.45) is 0 Å². The number of hydrogen-bond donors (Lipinski definition) is 1. The van der Waals surface area contributed by atoms with Gasteiger partial charge in [-0.1, -0.05) is 12.1 Å². The van der Waals surface area contributed by atoms with Gasteiger partial charge < -0.3 is 10.3 Å². The van der Waals surface area contributed by atoms with E-state index in [4.69, 9.17) is 5.73 Å². The van der Waals surface area contributed by atoms with Crippen molar-refractivity contribution >= 4 is 5.69 Å². The number of aryl methyl sites for hydroxylation is 2. The summed E-state index contributed by atoms with van der Waals surface area (Å²) >= 11 is 0. The van der Waals surface area contributed by atoms with Crippen LogP contribution >= 0.6 is 0 Å². The summed E-state index contributed by atoms with van der Waals surface area (Å²) in [6, 6.07) is 8.86. The zero-order valence-electron chi connectivity index (χ0n) is 10.9. The Bertz CT molecular complexity index is 668. The van der Waals surface area contributed by atoms with Crippen LogP contribution in [0.3, 0.4) is 0 Å². The van der Waals surface area contributed by atoms with Crippen LogP contribution in [-0.4, -0.2) is 9.13 Å². The third-order valence-corrected chi connectivity index (χ3v) is 3.08. The summed E-state index contributed by atoms with van der Waals surface area (Å²) in [5, 5.41) is 0. The van der Waals surface area contributed by atoms with Crippen molar-refractivity contribution < 1.29 is 0 Å². The van der Waals surface area contributed by atoms with Crippen molar-refractivity contribution in [1.29, 1.82) is 0 Å². The summed E-state index contributed by atoms with van der Waals surface area (Å²) in [7, 11) is 0. The molecule has 0 bridgehead atoms. The highest BCUT2D eigenvalue weighted by Crippen LogP contribution is 2.06. The molecule has 0 radical (unpaired) electrons. The molecule has 2 aromatic rings. The van der Waals surface area contributed by atoms with E-state index in [-0.39, 0.29) is 11.2 Å². The first-order valence-electron chi connectivity index (χ1n) is 6.26. The Morgan fingerprint density at radius 1 is 1.11 bits per heavy atom. The number of nitrogens with zero attached hydrogens (tertiary/aromatic N) is 2. The number of nitrogens with two attached hydrogens (primary N) is 1. The Kier molecular flexibility index (Phi) is 3.85. The fourth-order valence-corrected chi connectivity index (χ4v) is 1.93. The summed E-state index contributed by atoms with van der Waals surface area (Å²) < 4.78 is 2.78. The molecule has 19 heavy (non-hydrogen) atoms. The van der Waals surface area contributed by atoms with E-state index in [1.807, 2.05) is 31.2 Å². The van der Waals surface area contributed by atoms with Gasteiger partial charge >= 0.3 is 5.69 Å². The van der Waals surface area contributed by atoms with Gasteiger partial charge in [0.1, 0.15) is 0 Å². The second kappa shape index (κ2) is 5.56. The van der Waals surface area contributed by atoms with Gasteiger partial charge in [-0.05, 0) is 31.0 Å². The van der Waals surface area contributed by atoms with Crippen LogP contribution < -0.4 is 17.0 Å². The standard InChI is InChI=1S/C14H17N3O2/c1-2-16-9-8-13(18)17(14(16)19)10-7-11-3-5-12(15)6-4-11/h3-6,8-9H,2,7,10,15H2,1H3. The third kappa shape index (κ3) is 2.93. The van der Waals surface area contributed by atoms with E-state index in [0.29, 0.717) is 25.2 Å². The smallest absolute Gasteiger partial charge is 0.330 e. The Morgan fingerprint density at radius 3 is 2.42 bits per heavy atom. The van der Waals surface area contributed by atoms with Gasteiger partial charge in [-0.15, -0.1) is 0 Å². The van der Waals surface area contributed by atoms with E-state index in [0.717, 1.165) is 5.56 Å². The number of nitrogen functional groups attached to an aromatic ring is 1.